The Hall–Kier alpha value is -2.43. The molecule has 0 amide bonds. The third kappa shape index (κ3) is 3.40. The molecule has 1 aromatic carbocycles. The minimum absolute atomic E-state index is 0.00469. The van der Waals surface area contributed by atoms with E-state index in [1.165, 1.54) is 5.70 Å². The van der Waals surface area contributed by atoms with E-state index < -0.39 is 0 Å². The number of nitrogens with one attached hydrogen (secondary N) is 2. The predicted octanol–water partition coefficient (Wildman–Crippen LogP) is 3.86. The van der Waals surface area contributed by atoms with Crippen molar-refractivity contribution in [3.63, 3.8) is 0 Å². The van der Waals surface area contributed by atoms with Crippen molar-refractivity contribution in [3.05, 3.63) is 59.7 Å². The molecule has 2 aromatic rings. The zero-order valence-corrected chi connectivity index (χ0v) is 14.3. The van der Waals surface area contributed by atoms with E-state index in [-0.39, 0.29) is 11.9 Å². The third-order valence-electron chi connectivity index (χ3n) is 4.42. The number of hydrogen-bond acceptors (Lipinski definition) is 4. The molecule has 0 saturated carbocycles. The molecule has 2 atom stereocenters. The molecule has 5 heteroatoms. The summed E-state index contributed by atoms with van der Waals surface area (Å²) in [6, 6.07) is 5.86. The third-order valence-corrected chi connectivity index (χ3v) is 4.42. The topological polar surface area (TPSA) is 49.8 Å². The van der Waals surface area contributed by atoms with Crippen molar-refractivity contribution in [2.75, 3.05) is 0 Å². The fourth-order valence-corrected chi connectivity index (χ4v) is 2.88. The first-order valence-electron chi connectivity index (χ1n) is 8.37. The lowest BCUT2D eigenvalue weighted by Gasteiger charge is -2.15. The molecular formula is C19H23FN4. The summed E-state index contributed by atoms with van der Waals surface area (Å²) in [4.78, 5) is 8.84. The van der Waals surface area contributed by atoms with Crippen LogP contribution in [-0.2, 0) is 0 Å². The standard InChI is InChI=1S/C19H23FN4/c1-4-15-8-16(11-21-15)24-13(3)19-22-9-14(10-23-19)17-7-5-6-12(2)18(17)20/h5-7,9-11,13,15,21,24H,4,8H2,1-3H3/t13?,15-/m0/s1. The van der Waals surface area contributed by atoms with Gasteiger partial charge in [0.05, 0.1) is 6.04 Å². The largest absolute Gasteiger partial charge is 0.386 e. The summed E-state index contributed by atoms with van der Waals surface area (Å²) >= 11 is 0. The molecule has 1 aliphatic heterocycles. The normalized spacial score (nSPS) is 18.0. The van der Waals surface area contributed by atoms with Crippen LogP contribution in [0.15, 0.2) is 42.5 Å². The summed E-state index contributed by atoms with van der Waals surface area (Å²) in [6.45, 7) is 5.96. The Labute approximate surface area is 142 Å². The molecule has 0 radical (unpaired) electrons. The Balaban J connectivity index is 1.71. The summed E-state index contributed by atoms with van der Waals surface area (Å²) in [6.07, 6.45) is 7.50. The molecule has 1 aromatic heterocycles. The van der Waals surface area contributed by atoms with Gasteiger partial charge in [0.15, 0.2) is 0 Å². The number of halogens is 1. The van der Waals surface area contributed by atoms with Crippen LogP contribution in [0.3, 0.4) is 0 Å². The maximum Gasteiger partial charge on any atom is 0.150 e. The number of rotatable bonds is 5. The van der Waals surface area contributed by atoms with Crippen molar-refractivity contribution in [1.82, 2.24) is 20.6 Å². The van der Waals surface area contributed by atoms with E-state index in [1.807, 2.05) is 19.2 Å². The van der Waals surface area contributed by atoms with E-state index in [4.69, 9.17) is 0 Å². The van der Waals surface area contributed by atoms with E-state index in [2.05, 4.69) is 27.5 Å². The van der Waals surface area contributed by atoms with Crippen LogP contribution in [0.2, 0.25) is 0 Å². The van der Waals surface area contributed by atoms with E-state index in [0.717, 1.165) is 12.8 Å². The van der Waals surface area contributed by atoms with Crippen LogP contribution in [0.4, 0.5) is 4.39 Å². The van der Waals surface area contributed by atoms with Crippen LogP contribution in [0, 0.1) is 12.7 Å². The second-order valence-corrected chi connectivity index (χ2v) is 6.28. The number of benzene rings is 1. The van der Waals surface area contributed by atoms with Crippen molar-refractivity contribution in [1.29, 1.82) is 0 Å². The minimum Gasteiger partial charge on any atom is -0.386 e. The van der Waals surface area contributed by atoms with Gasteiger partial charge in [-0.15, -0.1) is 0 Å². The van der Waals surface area contributed by atoms with Gasteiger partial charge in [-0.2, -0.15) is 0 Å². The molecule has 126 valence electrons. The molecule has 1 unspecified atom stereocenters. The Bertz CT molecular complexity index is 740. The monoisotopic (exact) mass is 326 g/mol. The van der Waals surface area contributed by atoms with Crippen molar-refractivity contribution in [2.45, 2.75) is 45.7 Å². The fourth-order valence-electron chi connectivity index (χ4n) is 2.88. The van der Waals surface area contributed by atoms with Gasteiger partial charge in [-0.1, -0.05) is 25.1 Å². The molecule has 0 spiro atoms. The van der Waals surface area contributed by atoms with Gasteiger partial charge in [0, 0.05) is 47.9 Å². The second-order valence-electron chi connectivity index (χ2n) is 6.28. The van der Waals surface area contributed by atoms with Crippen LogP contribution in [-0.4, -0.2) is 16.0 Å². The average molecular weight is 326 g/mol. The average Bonchev–Trinajstić information content (AvgIpc) is 3.05. The summed E-state index contributed by atoms with van der Waals surface area (Å²) < 4.78 is 14.2. The number of nitrogens with zero attached hydrogens (tertiary/aromatic N) is 2. The molecule has 0 bridgehead atoms. The van der Waals surface area contributed by atoms with Crippen LogP contribution < -0.4 is 10.6 Å². The Morgan fingerprint density at radius 1 is 1.33 bits per heavy atom. The van der Waals surface area contributed by atoms with Crippen LogP contribution in [0.1, 0.15) is 44.1 Å². The highest BCUT2D eigenvalue weighted by atomic mass is 19.1. The maximum atomic E-state index is 14.2. The van der Waals surface area contributed by atoms with Gasteiger partial charge in [-0.25, -0.2) is 14.4 Å². The van der Waals surface area contributed by atoms with E-state index in [1.54, 1.807) is 31.5 Å². The van der Waals surface area contributed by atoms with Crippen LogP contribution in [0.5, 0.6) is 0 Å². The van der Waals surface area contributed by atoms with Gasteiger partial charge in [0.2, 0.25) is 0 Å². The highest BCUT2D eigenvalue weighted by Gasteiger charge is 2.17. The van der Waals surface area contributed by atoms with E-state index in [9.17, 15) is 4.39 Å². The first kappa shape index (κ1) is 16.4. The number of aromatic nitrogens is 2. The summed E-state index contributed by atoms with van der Waals surface area (Å²) in [5.74, 6) is 0.487. The Morgan fingerprint density at radius 3 is 2.75 bits per heavy atom. The number of hydrogen-bond donors (Lipinski definition) is 2. The maximum absolute atomic E-state index is 14.2. The molecule has 4 nitrogen and oxygen atoms in total. The van der Waals surface area contributed by atoms with Crippen molar-refractivity contribution in [2.24, 2.45) is 0 Å². The molecule has 0 fully saturated rings. The predicted molar refractivity (Wildman–Crippen MR) is 93.6 cm³/mol. The zero-order valence-electron chi connectivity index (χ0n) is 14.3. The molecule has 0 aliphatic carbocycles. The lowest BCUT2D eigenvalue weighted by molar-refractivity contribution is 0.559. The summed E-state index contributed by atoms with van der Waals surface area (Å²) in [5.41, 5.74) is 3.03. The smallest absolute Gasteiger partial charge is 0.150 e. The van der Waals surface area contributed by atoms with Gasteiger partial charge in [-0.05, 0) is 25.8 Å². The van der Waals surface area contributed by atoms with Gasteiger partial charge >= 0.3 is 0 Å². The number of aryl methyl sites for hydroxylation is 1. The molecule has 2 N–H and O–H groups in total. The highest BCUT2D eigenvalue weighted by Crippen LogP contribution is 2.24. The highest BCUT2D eigenvalue weighted by molar-refractivity contribution is 5.63. The van der Waals surface area contributed by atoms with Crippen molar-refractivity contribution < 1.29 is 4.39 Å². The second kappa shape index (κ2) is 6.99. The van der Waals surface area contributed by atoms with Gasteiger partial charge in [0.1, 0.15) is 11.6 Å². The molecule has 24 heavy (non-hydrogen) atoms. The van der Waals surface area contributed by atoms with E-state index >= 15 is 0 Å². The molecular weight excluding hydrogens is 303 g/mol. The minimum atomic E-state index is -0.215. The Kier molecular flexibility index (Phi) is 4.79. The van der Waals surface area contributed by atoms with Crippen molar-refractivity contribution >= 4 is 0 Å². The first-order valence-corrected chi connectivity index (χ1v) is 8.37. The van der Waals surface area contributed by atoms with Crippen molar-refractivity contribution in [3.8, 4) is 11.1 Å². The van der Waals surface area contributed by atoms with Gasteiger partial charge in [-0.3, -0.25) is 0 Å². The quantitative estimate of drug-likeness (QED) is 0.876. The van der Waals surface area contributed by atoms with Gasteiger partial charge < -0.3 is 10.6 Å². The summed E-state index contributed by atoms with van der Waals surface area (Å²) in [5, 5.41) is 6.79. The molecule has 1 aliphatic rings. The molecule has 0 saturated heterocycles. The SMILES string of the molecule is CC[C@H]1CC(NC(C)c2ncc(-c3cccc(C)c3F)cn2)=CN1. The Morgan fingerprint density at radius 2 is 2.08 bits per heavy atom. The summed E-state index contributed by atoms with van der Waals surface area (Å²) in [7, 11) is 0. The fraction of sp³-hybridized carbons (Fsp3) is 0.368. The van der Waals surface area contributed by atoms with Crippen LogP contribution >= 0.6 is 0 Å². The van der Waals surface area contributed by atoms with E-state index in [0.29, 0.717) is 28.6 Å². The zero-order chi connectivity index (χ0) is 17.1. The molecule has 2 heterocycles. The van der Waals surface area contributed by atoms with Crippen LogP contribution in [0.25, 0.3) is 11.1 Å². The molecule has 3 rings (SSSR count). The van der Waals surface area contributed by atoms with Gasteiger partial charge in [0.25, 0.3) is 0 Å². The first-order chi connectivity index (χ1) is 11.6. The lowest BCUT2D eigenvalue weighted by atomic mass is 10.1. The lowest BCUT2D eigenvalue weighted by Crippen LogP contribution is -2.21.